The Balaban J connectivity index is 1.68. The minimum Gasteiger partial charge on any atom is -0.444 e. The number of aliphatic hydroxyl groups is 1. The standard InChI is InChI=1S/C21H26N2O5S/c1-21(2,3)28-20(25)23-13-18(19(24)14-23)22-29(26,27)17-11-9-16(10-12-17)15-7-5-4-6-8-15/h4-12,18-19,22,24H,13-14H2,1-3H3. The molecule has 1 fully saturated rings. The monoisotopic (exact) mass is 418 g/mol. The van der Waals surface area contributed by atoms with Crippen LogP contribution in [0.25, 0.3) is 11.1 Å². The van der Waals surface area contributed by atoms with Crippen LogP contribution in [0.5, 0.6) is 0 Å². The van der Waals surface area contributed by atoms with Crippen molar-refractivity contribution in [2.75, 3.05) is 13.1 Å². The maximum atomic E-state index is 12.7. The molecular formula is C21H26N2O5S. The highest BCUT2D eigenvalue weighted by atomic mass is 32.2. The van der Waals surface area contributed by atoms with Crippen LogP contribution in [-0.2, 0) is 14.8 Å². The molecular weight excluding hydrogens is 392 g/mol. The number of hydrogen-bond donors (Lipinski definition) is 2. The molecule has 7 nitrogen and oxygen atoms in total. The lowest BCUT2D eigenvalue weighted by Gasteiger charge is -2.24. The van der Waals surface area contributed by atoms with Gasteiger partial charge >= 0.3 is 6.09 Å². The van der Waals surface area contributed by atoms with E-state index >= 15 is 0 Å². The fourth-order valence-electron chi connectivity index (χ4n) is 3.10. The maximum Gasteiger partial charge on any atom is 0.410 e. The lowest BCUT2D eigenvalue weighted by Crippen LogP contribution is -2.43. The number of ether oxygens (including phenoxy) is 1. The van der Waals surface area contributed by atoms with E-state index in [-0.39, 0.29) is 18.0 Å². The Morgan fingerprint density at radius 1 is 1.03 bits per heavy atom. The summed E-state index contributed by atoms with van der Waals surface area (Å²) in [5.41, 5.74) is 1.23. The zero-order chi connectivity index (χ0) is 21.2. The van der Waals surface area contributed by atoms with Crippen molar-refractivity contribution in [1.29, 1.82) is 0 Å². The van der Waals surface area contributed by atoms with E-state index in [2.05, 4.69) is 4.72 Å². The zero-order valence-corrected chi connectivity index (χ0v) is 17.5. The molecule has 0 aliphatic carbocycles. The number of likely N-dealkylation sites (tertiary alicyclic amines) is 1. The summed E-state index contributed by atoms with van der Waals surface area (Å²) < 4.78 is 33.2. The second-order valence-electron chi connectivity index (χ2n) is 8.07. The van der Waals surface area contributed by atoms with Gasteiger partial charge in [-0.2, -0.15) is 0 Å². The zero-order valence-electron chi connectivity index (χ0n) is 16.7. The molecule has 0 radical (unpaired) electrons. The topological polar surface area (TPSA) is 95.9 Å². The molecule has 3 rings (SSSR count). The number of nitrogens with zero attached hydrogens (tertiary/aromatic N) is 1. The largest absolute Gasteiger partial charge is 0.444 e. The summed E-state index contributed by atoms with van der Waals surface area (Å²) in [5, 5.41) is 10.2. The molecule has 1 aliphatic rings. The minimum absolute atomic E-state index is 0.00897. The number of rotatable bonds is 4. The van der Waals surface area contributed by atoms with Crippen molar-refractivity contribution in [2.24, 2.45) is 0 Å². The van der Waals surface area contributed by atoms with Gasteiger partial charge in [-0.25, -0.2) is 17.9 Å². The molecule has 1 saturated heterocycles. The Hall–Kier alpha value is -2.42. The SMILES string of the molecule is CC(C)(C)OC(=O)N1CC(O)C(NS(=O)(=O)c2ccc(-c3ccccc3)cc2)C1. The van der Waals surface area contributed by atoms with Crippen LogP contribution in [0.1, 0.15) is 20.8 Å². The van der Waals surface area contributed by atoms with Crippen molar-refractivity contribution in [3.05, 3.63) is 54.6 Å². The molecule has 0 spiro atoms. The summed E-state index contributed by atoms with van der Waals surface area (Å²) in [6, 6.07) is 15.4. The van der Waals surface area contributed by atoms with Crippen LogP contribution >= 0.6 is 0 Å². The maximum absolute atomic E-state index is 12.7. The van der Waals surface area contributed by atoms with Crippen LogP contribution in [-0.4, -0.2) is 55.4 Å². The number of hydrogen-bond acceptors (Lipinski definition) is 5. The highest BCUT2D eigenvalue weighted by Gasteiger charge is 2.38. The van der Waals surface area contributed by atoms with E-state index in [0.29, 0.717) is 0 Å². The van der Waals surface area contributed by atoms with Gasteiger partial charge in [-0.15, -0.1) is 0 Å². The van der Waals surface area contributed by atoms with Crippen LogP contribution in [0, 0.1) is 0 Å². The Morgan fingerprint density at radius 3 is 2.21 bits per heavy atom. The van der Waals surface area contributed by atoms with Gasteiger partial charge in [0.05, 0.1) is 23.6 Å². The van der Waals surface area contributed by atoms with Crippen molar-refractivity contribution < 1.29 is 23.1 Å². The molecule has 0 bridgehead atoms. The van der Waals surface area contributed by atoms with E-state index in [1.165, 1.54) is 17.0 Å². The van der Waals surface area contributed by atoms with Gasteiger partial charge in [-0.3, -0.25) is 0 Å². The van der Waals surface area contributed by atoms with Crippen LogP contribution < -0.4 is 4.72 Å². The molecule has 2 atom stereocenters. The predicted octanol–water partition coefficient (Wildman–Crippen LogP) is 2.61. The summed E-state index contributed by atoms with van der Waals surface area (Å²) in [7, 11) is -3.85. The number of benzene rings is 2. The minimum atomic E-state index is -3.85. The van der Waals surface area contributed by atoms with Crippen molar-refractivity contribution in [2.45, 2.75) is 43.4 Å². The first-order valence-corrected chi connectivity index (χ1v) is 10.9. The van der Waals surface area contributed by atoms with Crippen molar-refractivity contribution >= 4 is 16.1 Å². The Bertz CT molecular complexity index is 953. The van der Waals surface area contributed by atoms with Crippen LogP contribution in [0.15, 0.2) is 59.5 Å². The van der Waals surface area contributed by atoms with E-state index < -0.39 is 33.9 Å². The normalized spacial score (nSPS) is 19.9. The van der Waals surface area contributed by atoms with Gasteiger partial charge in [0.15, 0.2) is 0 Å². The fraction of sp³-hybridized carbons (Fsp3) is 0.381. The van der Waals surface area contributed by atoms with Gasteiger partial charge < -0.3 is 14.7 Å². The van der Waals surface area contributed by atoms with E-state index in [4.69, 9.17) is 4.74 Å². The first kappa shape index (κ1) is 21.3. The molecule has 0 aromatic heterocycles. The summed E-state index contributed by atoms with van der Waals surface area (Å²) >= 11 is 0. The summed E-state index contributed by atoms with van der Waals surface area (Å²) in [5.74, 6) is 0. The van der Waals surface area contributed by atoms with Crippen molar-refractivity contribution in [3.63, 3.8) is 0 Å². The molecule has 1 amide bonds. The first-order chi connectivity index (χ1) is 13.5. The van der Waals surface area contributed by atoms with Gasteiger partial charge in [-0.1, -0.05) is 42.5 Å². The first-order valence-electron chi connectivity index (χ1n) is 9.39. The average Bonchev–Trinajstić information content (AvgIpc) is 3.01. The van der Waals surface area contributed by atoms with Crippen molar-refractivity contribution in [1.82, 2.24) is 9.62 Å². The highest BCUT2D eigenvalue weighted by molar-refractivity contribution is 7.89. The third-order valence-corrected chi connectivity index (χ3v) is 6.02. The van der Waals surface area contributed by atoms with Gasteiger partial charge in [0.1, 0.15) is 5.60 Å². The number of carbonyl (C=O) groups is 1. The average molecular weight is 419 g/mol. The van der Waals surface area contributed by atoms with E-state index in [1.807, 2.05) is 30.3 Å². The number of nitrogens with one attached hydrogen (secondary N) is 1. The van der Waals surface area contributed by atoms with E-state index in [9.17, 15) is 18.3 Å². The summed E-state index contributed by atoms with van der Waals surface area (Å²) in [4.78, 5) is 13.6. The second kappa shape index (κ2) is 8.14. The Morgan fingerprint density at radius 2 is 1.62 bits per heavy atom. The predicted molar refractivity (Wildman–Crippen MR) is 110 cm³/mol. The number of aliphatic hydroxyl groups excluding tert-OH is 1. The number of sulfonamides is 1. The van der Waals surface area contributed by atoms with E-state index in [1.54, 1.807) is 32.9 Å². The molecule has 2 unspecified atom stereocenters. The molecule has 2 aromatic carbocycles. The van der Waals surface area contributed by atoms with Gasteiger partial charge in [-0.05, 0) is 44.0 Å². The summed E-state index contributed by atoms with van der Waals surface area (Å²) in [6.07, 6.45) is -1.59. The van der Waals surface area contributed by atoms with Gasteiger partial charge in [0.25, 0.3) is 0 Å². The van der Waals surface area contributed by atoms with E-state index in [0.717, 1.165) is 11.1 Å². The highest BCUT2D eigenvalue weighted by Crippen LogP contribution is 2.22. The third kappa shape index (κ3) is 5.35. The van der Waals surface area contributed by atoms with Crippen LogP contribution in [0.2, 0.25) is 0 Å². The molecule has 8 heteroatoms. The van der Waals surface area contributed by atoms with Gasteiger partial charge in [0.2, 0.25) is 10.0 Å². The second-order valence-corrected chi connectivity index (χ2v) is 9.78. The lowest BCUT2D eigenvalue weighted by atomic mass is 10.1. The molecule has 0 saturated carbocycles. The van der Waals surface area contributed by atoms with Gasteiger partial charge in [0, 0.05) is 6.54 Å². The molecule has 2 aromatic rings. The molecule has 1 aliphatic heterocycles. The molecule has 1 heterocycles. The number of amides is 1. The molecule has 29 heavy (non-hydrogen) atoms. The number of β-amino-alcohol motifs (C(OH)–C–C–N with tert-alkyl or cyclic N) is 1. The smallest absolute Gasteiger partial charge is 0.410 e. The van der Waals surface area contributed by atoms with Crippen LogP contribution in [0.4, 0.5) is 4.79 Å². The number of carbonyl (C=O) groups excluding carboxylic acids is 1. The van der Waals surface area contributed by atoms with Crippen molar-refractivity contribution in [3.8, 4) is 11.1 Å². The summed E-state index contributed by atoms with van der Waals surface area (Å²) in [6.45, 7) is 5.29. The Labute approximate surface area is 171 Å². The third-order valence-electron chi connectivity index (χ3n) is 4.52. The fourth-order valence-corrected chi connectivity index (χ4v) is 4.36. The molecule has 156 valence electrons. The quantitative estimate of drug-likeness (QED) is 0.796. The lowest BCUT2D eigenvalue weighted by molar-refractivity contribution is 0.0270. The molecule has 2 N–H and O–H groups in total. The van der Waals surface area contributed by atoms with Crippen LogP contribution in [0.3, 0.4) is 0 Å². The Kier molecular flexibility index (Phi) is 5.97.